The molecule has 3 aromatic carbocycles. The molecule has 1 amide bonds. The molecule has 0 spiro atoms. The van der Waals surface area contributed by atoms with Crippen molar-refractivity contribution in [1.82, 2.24) is 5.43 Å². The molecule has 0 heterocycles. The largest absolute Gasteiger partial charge is 0.497 e. The van der Waals surface area contributed by atoms with Gasteiger partial charge in [0.1, 0.15) is 17.2 Å². The van der Waals surface area contributed by atoms with Gasteiger partial charge in [-0.2, -0.15) is 5.10 Å². The van der Waals surface area contributed by atoms with Crippen LogP contribution < -0.4 is 19.6 Å². The van der Waals surface area contributed by atoms with Gasteiger partial charge in [0.05, 0.1) is 25.5 Å². The minimum absolute atomic E-state index is 0.300. The van der Waals surface area contributed by atoms with Crippen LogP contribution in [0.1, 0.15) is 33.2 Å². The van der Waals surface area contributed by atoms with Crippen molar-refractivity contribution in [3.05, 3.63) is 87.9 Å². The first kappa shape index (κ1) is 23.0. The number of ether oxygens (including phenoxy) is 3. The van der Waals surface area contributed by atoms with Crippen molar-refractivity contribution >= 4 is 34.0 Å². The topological polar surface area (TPSA) is 86.2 Å². The number of carbonyl (C=O) groups excluding carboxylic acids is 2. The Morgan fingerprint density at radius 1 is 0.969 bits per heavy atom. The molecule has 0 aliphatic rings. The smallest absolute Gasteiger partial charge is 0.343 e. The molecule has 0 aromatic heterocycles. The van der Waals surface area contributed by atoms with Gasteiger partial charge < -0.3 is 14.2 Å². The zero-order valence-corrected chi connectivity index (χ0v) is 19.1. The van der Waals surface area contributed by atoms with E-state index < -0.39 is 5.97 Å². The van der Waals surface area contributed by atoms with Crippen LogP contribution in [-0.4, -0.2) is 31.8 Å². The van der Waals surface area contributed by atoms with Gasteiger partial charge in [-0.15, -0.1) is 0 Å². The van der Waals surface area contributed by atoms with E-state index in [0.717, 1.165) is 4.47 Å². The Morgan fingerprint density at radius 2 is 1.62 bits per heavy atom. The molecule has 0 unspecified atom stereocenters. The number of methoxy groups -OCH3 is 1. The van der Waals surface area contributed by atoms with E-state index in [9.17, 15) is 9.59 Å². The number of halogens is 1. The lowest BCUT2D eigenvalue weighted by Crippen LogP contribution is -2.17. The highest BCUT2D eigenvalue weighted by Gasteiger charge is 2.12. The summed E-state index contributed by atoms with van der Waals surface area (Å²) in [5, 5.41) is 3.99. The number of hydrogen-bond acceptors (Lipinski definition) is 6. The Labute approximate surface area is 194 Å². The molecule has 0 radical (unpaired) electrons. The van der Waals surface area contributed by atoms with E-state index in [0.29, 0.717) is 40.5 Å². The Balaban J connectivity index is 1.69. The number of nitrogens with zero attached hydrogens (tertiary/aromatic N) is 1. The van der Waals surface area contributed by atoms with E-state index in [-0.39, 0.29) is 5.91 Å². The molecule has 3 aromatic rings. The molecule has 3 rings (SSSR count). The molecule has 0 bridgehead atoms. The van der Waals surface area contributed by atoms with E-state index >= 15 is 0 Å². The molecular weight excluding hydrogens is 476 g/mol. The third kappa shape index (κ3) is 6.18. The third-order valence-electron chi connectivity index (χ3n) is 4.30. The fourth-order valence-corrected chi connectivity index (χ4v) is 3.07. The number of rotatable bonds is 8. The number of hydrazone groups is 1. The molecule has 0 saturated carbocycles. The Bertz CT molecular complexity index is 1110. The van der Waals surface area contributed by atoms with Gasteiger partial charge in [-0.05, 0) is 73.7 Å². The number of hydrogen-bond donors (Lipinski definition) is 1. The summed E-state index contributed by atoms with van der Waals surface area (Å²) in [5.41, 5.74) is 3.77. The molecule has 0 saturated heterocycles. The summed E-state index contributed by atoms with van der Waals surface area (Å²) in [7, 11) is 1.55. The minimum atomic E-state index is -0.521. The van der Waals surface area contributed by atoms with Gasteiger partial charge in [-0.1, -0.05) is 15.9 Å². The van der Waals surface area contributed by atoms with Crippen LogP contribution in [0.25, 0.3) is 0 Å². The lowest BCUT2D eigenvalue weighted by molar-refractivity contribution is 0.0734. The lowest BCUT2D eigenvalue weighted by Gasteiger charge is -2.09. The molecule has 0 aliphatic carbocycles. The van der Waals surface area contributed by atoms with Crippen molar-refractivity contribution in [2.75, 3.05) is 13.7 Å². The van der Waals surface area contributed by atoms with Crippen molar-refractivity contribution in [3.63, 3.8) is 0 Å². The quantitative estimate of drug-likeness (QED) is 0.208. The summed E-state index contributed by atoms with van der Waals surface area (Å²) >= 11 is 3.39. The van der Waals surface area contributed by atoms with Crippen LogP contribution in [-0.2, 0) is 0 Å². The van der Waals surface area contributed by atoms with Crippen LogP contribution in [0.5, 0.6) is 17.2 Å². The maximum absolute atomic E-state index is 12.5. The second-order valence-corrected chi connectivity index (χ2v) is 7.37. The monoisotopic (exact) mass is 496 g/mol. The van der Waals surface area contributed by atoms with E-state index in [1.54, 1.807) is 73.8 Å². The molecule has 0 fully saturated rings. The first-order valence-corrected chi connectivity index (χ1v) is 10.5. The van der Waals surface area contributed by atoms with Crippen LogP contribution in [0.4, 0.5) is 0 Å². The minimum Gasteiger partial charge on any atom is -0.497 e. The van der Waals surface area contributed by atoms with Gasteiger partial charge >= 0.3 is 5.97 Å². The van der Waals surface area contributed by atoms with Crippen LogP contribution >= 0.6 is 15.9 Å². The number of carbonyl (C=O) groups is 2. The molecule has 0 aliphatic heterocycles. The number of esters is 1. The predicted molar refractivity (Wildman–Crippen MR) is 125 cm³/mol. The fourth-order valence-electron chi connectivity index (χ4n) is 2.69. The van der Waals surface area contributed by atoms with Crippen molar-refractivity contribution in [1.29, 1.82) is 0 Å². The van der Waals surface area contributed by atoms with Gasteiger partial charge in [-0.3, -0.25) is 4.79 Å². The summed E-state index contributed by atoms with van der Waals surface area (Å²) in [6.45, 7) is 2.43. The fraction of sp³-hybridized carbons (Fsp3) is 0.125. The predicted octanol–water partition coefficient (Wildman–Crippen LogP) is 4.84. The van der Waals surface area contributed by atoms with E-state index in [2.05, 4.69) is 26.5 Å². The molecular formula is C24H21BrN2O5. The zero-order chi connectivity index (χ0) is 22.9. The molecule has 1 N–H and O–H groups in total. The maximum Gasteiger partial charge on any atom is 0.343 e. The van der Waals surface area contributed by atoms with Gasteiger partial charge in [-0.25, -0.2) is 10.2 Å². The Hall–Kier alpha value is -3.65. The Kier molecular flexibility index (Phi) is 7.99. The summed E-state index contributed by atoms with van der Waals surface area (Å²) < 4.78 is 16.8. The highest BCUT2D eigenvalue weighted by Crippen LogP contribution is 2.23. The SMILES string of the molecule is CCOc1ccc(C(=O)Oc2ccc(Br)cc2C=NNC(=O)c2ccc(OC)cc2)cc1. The van der Waals surface area contributed by atoms with Crippen LogP contribution in [0.3, 0.4) is 0 Å². The Morgan fingerprint density at radius 3 is 2.28 bits per heavy atom. The molecule has 7 nitrogen and oxygen atoms in total. The van der Waals surface area contributed by atoms with Gasteiger partial charge in [0.2, 0.25) is 0 Å². The number of nitrogens with one attached hydrogen (secondary N) is 1. The highest BCUT2D eigenvalue weighted by atomic mass is 79.9. The third-order valence-corrected chi connectivity index (χ3v) is 4.79. The van der Waals surface area contributed by atoms with E-state index in [1.165, 1.54) is 6.21 Å². The summed E-state index contributed by atoms with van der Waals surface area (Å²) in [6.07, 6.45) is 1.41. The average Bonchev–Trinajstić information content (AvgIpc) is 2.81. The van der Waals surface area contributed by atoms with Crippen molar-refractivity contribution in [2.24, 2.45) is 5.10 Å². The highest BCUT2D eigenvalue weighted by molar-refractivity contribution is 9.10. The maximum atomic E-state index is 12.5. The van der Waals surface area contributed by atoms with Crippen molar-refractivity contribution in [2.45, 2.75) is 6.92 Å². The van der Waals surface area contributed by atoms with Gasteiger partial charge in [0.15, 0.2) is 0 Å². The molecule has 32 heavy (non-hydrogen) atoms. The van der Waals surface area contributed by atoms with Crippen molar-refractivity contribution < 1.29 is 23.8 Å². The number of benzene rings is 3. The molecule has 8 heteroatoms. The van der Waals surface area contributed by atoms with E-state index in [1.807, 2.05) is 6.92 Å². The summed E-state index contributed by atoms with van der Waals surface area (Å²) in [4.78, 5) is 24.8. The molecule has 0 atom stereocenters. The van der Waals surface area contributed by atoms with Crippen LogP contribution in [0.2, 0.25) is 0 Å². The summed E-state index contributed by atoms with van der Waals surface area (Å²) in [5.74, 6) is 0.722. The van der Waals surface area contributed by atoms with Gasteiger partial charge in [0, 0.05) is 15.6 Å². The zero-order valence-electron chi connectivity index (χ0n) is 17.5. The first-order valence-electron chi connectivity index (χ1n) is 9.72. The second kappa shape index (κ2) is 11.1. The number of amides is 1. The van der Waals surface area contributed by atoms with Crippen molar-refractivity contribution in [3.8, 4) is 17.2 Å². The normalized spacial score (nSPS) is 10.6. The summed E-state index contributed by atoms with van der Waals surface area (Å²) in [6, 6.07) is 18.4. The van der Waals surface area contributed by atoms with Crippen LogP contribution in [0.15, 0.2) is 76.3 Å². The van der Waals surface area contributed by atoms with Crippen LogP contribution in [0, 0.1) is 0 Å². The molecule has 164 valence electrons. The second-order valence-electron chi connectivity index (χ2n) is 6.46. The standard InChI is InChI=1S/C24H21BrN2O5/c1-3-31-21-11-6-17(7-12-21)24(29)32-22-13-8-19(25)14-18(22)15-26-27-23(28)16-4-9-20(30-2)10-5-16/h4-15H,3H2,1-2H3,(H,27,28). The van der Waals surface area contributed by atoms with Gasteiger partial charge in [0.25, 0.3) is 5.91 Å². The van der Waals surface area contributed by atoms with E-state index in [4.69, 9.17) is 14.2 Å². The average molecular weight is 497 g/mol. The first-order chi connectivity index (χ1) is 15.5. The lowest BCUT2D eigenvalue weighted by atomic mass is 10.2.